The zero-order chi connectivity index (χ0) is 14.9. The van der Waals surface area contributed by atoms with Crippen LogP contribution in [0.25, 0.3) is 0 Å². The van der Waals surface area contributed by atoms with E-state index in [0.29, 0.717) is 24.2 Å². The van der Waals surface area contributed by atoms with Crippen LogP contribution in [0.4, 0.5) is 5.69 Å². The number of nitrogens with two attached hydrogens (primary N) is 1. The van der Waals surface area contributed by atoms with Gasteiger partial charge in [-0.3, -0.25) is 4.79 Å². The Kier molecular flexibility index (Phi) is 4.04. The summed E-state index contributed by atoms with van der Waals surface area (Å²) < 4.78 is 23.2. The van der Waals surface area contributed by atoms with Gasteiger partial charge in [0.1, 0.15) is 0 Å². The molecule has 1 atom stereocenters. The minimum atomic E-state index is -3.01. The maximum Gasteiger partial charge on any atom is 0.256 e. The number of hydrogen-bond acceptors (Lipinski definition) is 4. The number of anilines is 1. The van der Waals surface area contributed by atoms with Crippen LogP contribution >= 0.6 is 0 Å². The Hall–Kier alpha value is -1.56. The number of sulfone groups is 1. The van der Waals surface area contributed by atoms with Crippen molar-refractivity contribution in [2.75, 3.05) is 23.8 Å². The van der Waals surface area contributed by atoms with Crippen molar-refractivity contribution in [2.45, 2.75) is 26.3 Å². The normalized spacial score (nSPS) is 20.8. The van der Waals surface area contributed by atoms with E-state index >= 15 is 0 Å². The summed E-state index contributed by atoms with van der Waals surface area (Å²) in [7, 11) is -3.01. The van der Waals surface area contributed by atoms with E-state index in [9.17, 15) is 13.2 Å². The standard InChI is InChI=1S/C14H20N2O3S/c1-3-16(11-6-7-20(18,19)9-11)14(17)12-8-10(2)4-5-13(12)15/h4-5,8,11H,3,6-7,9,15H2,1-2H3. The van der Waals surface area contributed by atoms with Crippen LogP contribution in [0.2, 0.25) is 0 Å². The lowest BCUT2D eigenvalue weighted by Crippen LogP contribution is -2.41. The molecule has 1 unspecified atom stereocenters. The molecule has 110 valence electrons. The number of hydrogen-bond donors (Lipinski definition) is 1. The Morgan fingerprint density at radius 1 is 1.45 bits per heavy atom. The lowest BCUT2D eigenvalue weighted by Gasteiger charge is -2.27. The van der Waals surface area contributed by atoms with Gasteiger partial charge >= 0.3 is 0 Å². The van der Waals surface area contributed by atoms with Crippen molar-refractivity contribution in [3.8, 4) is 0 Å². The molecule has 1 fully saturated rings. The highest BCUT2D eigenvalue weighted by atomic mass is 32.2. The van der Waals surface area contributed by atoms with E-state index in [4.69, 9.17) is 5.73 Å². The Bertz CT molecular complexity index is 625. The first-order valence-electron chi connectivity index (χ1n) is 6.71. The third-order valence-electron chi connectivity index (χ3n) is 3.69. The second-order valence-corrected chi connectivity index (χ2v) is 7.47. The van der Waals surface area contributed by atoms with Gasteiger partial charge in [-0.1, -0.05) is 11.6 Å². The highest BCUT2D eigenvalue weighted by Gasteiger charge is 2.34. The van der Waals surface area contributed by atoms with E-state index in [1.165, 1.54) is 0 Å². The molecule has 0 aromatic heterocycles. The molecule has 5 nitrogen and oxygen atoms in total. The first kappa shape index (κ1) is 14.8. The van der Waals surface area contributed by atoms with Crippen LogP contribution < -0.4 is 5.73 Å². The number of nitrogen functional groups attached to an aromatic ring is 1. The molecular weight excluding hydrogens is 276 g/mol. The molecule has 6 heteroatoms. The lowest BCUT2D eigenvalue weighted by atomic mass is 10.1. The lowest BCUT2D eigenvalue weighted by molar-refractivity contribution is 0.0709. The van der Waals surface area contributed by atoms with Crippen molar-refractivity contribution in [3.05, 3.63) is 29.3 Å². The third kappa shape index (κ3) is 2.95. The number of carbonyl (C=O) groups excluding carboxylic acids is 1. The molecule has 1 aromatic carbocycles. The molecule has 0 bridgehead atoms. The van der Waals surface area contributed by atoms with Gasteiger partial charge in [-0.15, -0.1) is 0 Å². The fourth-order valence-electron chi connectivity index (χ4n) is 2.60. The zero-order valence-electron chi connectivity index (χ0n) is 11.8. The molecule has 2 N–H and O–H groups in total. The van der Waals surface area contributed by atoms with Gasteiger partial charge in [0.25, 0.3) is 5.91 Å². The van der Waals surface area contributed by atoms with E-state index in [-0.39, 0.29) is 23.5 Å². The fraction of sp³-hybridized carbons (Fsp3) is 0.500. The first-order valence-corrected chi connectivity index (χ1v) is 8.53. The van der Waals surface area contributed by atoms with E-state index in [2.05, 4.69) is 0 Å². The molecule has 1 heterocycles. The molecule has 1 aliphatic rings. The van der Waals surface area contributed by atoms with Crippen LogP contribution in [0.15, 0.2) is 18.2 Å². The summed E-state index contributed by atoms with van der Waals surface area (Å²) in [6.45, 7) is 4.23. The average Bonchev–Trinajstić information content (AvgIpc) is 2.73. The molecule has 1 aromatic rings. The molecule has 1 saturated heterocycles. The molecule has 1 amide bonds. The maximum atomic E-state index is 12.6. The maximum absolute atomic E-state index is 12.6. The van der Waals surface area contributed by atoms with Crippen molar-refractivity contribution in [2.24, 2.45) is 0 Å². The number of aryl methyl sites for hydroxylation is 1. The van der Waals surface area contributed by atoms with Crippen LogP contribution in [0, 0.1) is 6.92 Å². The number of rotatable bonds is 3. The summed E-state index contributed by atoms with van der Waals surface area (Å²) in [5, 5.41) is 0. The van der Waals surface area contributed by atoms with Gasteiger partial charge in [0.2, 0.25) is 0 Å². The van der Waals surface area contributed by atoms with Crippen LogP contribution in [0.5, 0.6) is 0 Å². The summed E-state index contributed by atoms with van der Waals surface area (Å²) in [6, 6.07) is 5.07. The highest BCUT2D eigenvalue weighted by Crippen LogP contribution is 2.22. The molecule has 0 spiro atoms. The zero-order valence-corrected chi connectivity index (χ0v) is 12.6. The largest absolute Gasteiger partial charge is 0.398 e. The first-order chi connectivity index (χ1) is 9.34. The fourth-order valence-corrected chi connectivity index (χ4v) is 4.33. The second kappa shape index (κ2) is 5.44. The minimum absolute atomic E-state index is 0.0539. The SMILES string of the molecule is CCN(C(=O)c1cc(C)ccc1N)C1CCS(=O)(=O)C1. The van der Waals surface area contributed by atoms with Crippen molar-refractivity contribution in [1.82, 2.24) is 4.90 Å². The van der Waals surface area contributed by atoms with Gasteiger partial charge < -0.3 is 10.6 Å². The number of amides is 1. The van der Waals surface area contributed by atoms with Crippen LogP contribution in [-0.4, -0.2) is 43.3 Å². The van der Waals surface area contributed by atoms with E-state index < -0.39 is 9.84 Å². The molecule has 0 radical (unpaired) electrons. The summed E-state index contributed by atoms with van der Waals surface area (Å²) in [5.74, 6) is 0.0269. The van der Waals surface area contributed by atoms with Crippen molar-refractivity contribution in [3.63, 3.8) is 0 Å². The highest BCUT2D eigenvalue weighted by molar-refractivity contribution is 7.91. The summed E-state index contributed by atoms with van der Waals surface area (Å²) in [6.07, 6.45) is 0.508. The van der Waals surface area contributed by atoms with Crippen molar-refractivity contribution < 1.29 is 13.2 Å². The Morgan fingerprint density at radius 2 is 2.15 bits per heavy atom. The van der Waals surface area contributed by atoms with Crippen LogP contribution in [0.1, 0.15) is 29.3 Å². The van der Waals surface area contributed by atoms with Gasteiger partial charge in [-0.25, -0.2) is 8.42 Å². The molecule has 2 rings (SSSR count). The van der Waals surface area contributed by atoms with Gasteiger partial charge in [0, 0.05) is 18.3 Å². The van der Waals surface area contributed by atoms with E-state index in [0.717, 1.165) is 5.56 Å². The van der Waals surface area contributed by atoms with Crippen LogP contribution in [0.3, 0.4) is 0 Å². The second-order valence-electron chi connectivity index (χ2n) is 5.24. The van der Waals surface area contributed by atoms with E-state index in [1.807, 2.05) is 19.9 Å². The predicted molar refractivity (Wildman–Crippen MR) is 79.4 cm³/mol. The summed E-state index contributed by atoms with van der Waals surface area (Å²) in [4.78, 5) is 14.2. The van der Waals surface area contributed by atoms with Crippen molar-refractivity contribution >= 4 is 21.4 Å². The predicted octanol–water partition coefficient (Wildman–Crippen LogP) is 1.23. The van der Waals surface area contributed by atoms with Gasteiger partial charge in [-0.2, -0.15) is 0 Å². The van der Waals surface area contributed by atoms with Crippen LogP contribution in [-0.2, 0) is 9.84 Å². The quantitative estimate of drug-likeness (QED) is 0.851. The smallest absolute Gasteiger partial charge is 0.256 e. The van der Waals surface area contributed by atoms with Gasteiger partial charge in [0.05, 0.1) is 17.1 Å². The number of benzene rings is 1. The molecule has 1 aliphatic heterocycles. The molecule has 20 heavy (non-hydrogen) atoms. The van der Waals surface area contributed by atoms with Crippen molar-refractivity contribution in [1.29, 1.82) is 0 Å². The molecule has 0 aliphatic carbocycles. The topological polar surface area (TPSA) is 80.5 Å². The monoisotopic (exact) mass is 296 g/mol. The molecular formula is C14H20N2O3S. The molecule has 0 saturated carbocycles. The average molecular weight is 296 g/mol. The Balaban J connectivity index is 2.28. The van der Waals surface area contributed by atoms with E-state index in [1.54, 1.807) is 17.0 Å². The number of carbonyl (C=O) groups is 1. The van der Waals surface area contributed by atoms with Gasteiger partial charge in [0.15, 0.2) is 9.84 Å². The third-order valence-corrected chi connectivity index (χ3v) is 5.44. The Labute approximate surface area is 119 Å². The summed E-state index contributed by atoms with van der Waals surface area (Å²) in [5.41, 5.74) is 7.71. The Morgan fingerprint density at radius 3 is 2.70 bits per heavy atom. The minimum Gasteiger partial charge on any atom is -0.398 e. The summed E-state index contributed by atoms with van der Waals surface area (Å²) >= 11 is 0. The number of nitrogens with zero attached hydrogens (tertiary/aromatic N) is 1. The van der Waals surface area contributed by atoms with Gasteiger partial charge in [-0.05, 0) is 32.4 Å².